The Morgan fingerprint density at radius 1 is 1.69 bits per heavy atom. The van der Waals surface area contributed by atoms with E-state index >= 15 is 0 Å². The fourth-order valence-electron chi connectivity index (χ4n) is 1.41. The van der Waals surface area contributed by atoms with Gasteiger partial charge < -0.3 is 10.5 Å². The Morgan fingerprint density at radius 2 is 2.54 bits per heavy atom. The molecule has 0 bridgehead atoms. The summed E-state index contributed by atoms with van der Waals surface area (Å²) in [5.41, 5.74) is 5.64. The number of carbonyl (C=O) groups is 1. The third kappa shape index (κ3) is 1.53. The van der Waals surface area contributed by atoms with E-state index in [1.54, 1.807) is 18.4 Å². The molecule has 2 aliphatic rings. The first-order valence-electron chi connectivity index (χ1n) is 4.10. The van der Waals surface area contributed by atoms with Crippen LogP contribution in [-0.2, 0) is 9.53 Å². The fourth-order valence-corrected chi connectivity index (χ4v) is 1.41. The van der Waals surface area contributed by atoms with E-state index in [0.29, 0.717) is 12.2 Å². The van der Waals surface area contributed by atoms with Crippen molar-refractivity contribution in [1.29, 1.82) is 0 Å². The summed E-state index contributed by atoms with van der Waals surface area (Å²) in [6, 6.07) is 0.0110. The molecule has 2 unspecified atom stereocenters. The Kier molecular flexibility index (Phi) is 1.98. The zero-order chi connectivity index (χ0) is 9.26. The molecule has 0 spiro atoms. The van der Waals surface area contributed by atoms with Crippen molar-refractivity contribution in [2.75, 3.05) is 6.61 Å². The van der Waals surface area contributed by atoms with Gasteiger partial charge in [-0.25, -0.2) is 0 Å². The van der Waals surface area contributed by atoms with Crippen molar-refractivity contribution >= 4 is 12.1 Å². The summed E-state index contributed by atoms with van der Waals surface area (Å²) in [4.78, 5) is 15.0. The van der Waals surface area contributed by atoms with Crippen molar-refractivity contribution in [2.24, 2.45) is 10.7 Å². The lowest BCUT2D eigenvalue weighted by atomic mass is 9.99. The van der Waals surface area contributed by atoms with Crippen molar-refractivity contribution < 1.29 is 9.53 Å². The van der Waals surface area contributed by atoms with Crippen LogP contribution in [0, 0.1) is 0 Å². The number of carbonyl (C=O) groups excluding carboxylic acids is 1. The predicted molar refractivity (Wildman–Crippen MR) is 48.4 cm³/mol. The Balaban J connectivity index is 2.23. The van der Waals surface area contributed by atoms with Crippen molar-refractivity contribution in [3.05, 3.63) is 23.8 Å². The summed E-state index contributed by atoms with van der Waals surface area (Å²) in [5.74, 6) is -0.423. The van der Waals surface area contributed by atoms with Gasteiger partial charge in [0.25, 0.3) is 0 Å². The van der Waals surface area contributed by atoms with Crippen LogP contribution in [0.1, 0.15) is 0 Å². The van der Waals surface area contributed by atoms with Crippen LogP contribution in [0.3, 0.4) is 0 Å². The van der Waals surface area contributed by atoms with Crippen LogP contribution in [-0.4, -0.2) is 30.9 Å². The van der Waals surface area contributed by atoms with Crippen molar-refractivity contribution in [3.8, 4) is 0 Å². The summed E-state index contributed by atoms with van der Waals surface area (Å²) >= 11 is 0. The van der Waals surface area contributed by atoms with Gasteiger partial charge in [0.1, 0.15) is 6.10 Å². The Labute approximate surface area is 75.8 Å². The molecule has 13 heavy (non-hydrogen) atoms. The zero-order valence-corrected chi connectivity index (χ0v) is 7.01. The molecule has 0 aromatic rings. The lowest BCUT2D eigenvalue weighted by Gasteiger charge is -2.25. The zero-order valence-electron chi connectivity index (χ0n) is 7.01. The first-order chi connectivity index (χ1) is 6.27. The van der Waals surface area contributed by atoms with Gasteiger partial charge in [0.15, 0.2) is 0 Å². The fraction of sp³-hybridized carbons (Fsp3) is 0.333. The van der Waals surface area contributed by atoms with E-state index < -0.39 is 5.91 Å². The van der Waals surface area contributed by atoms with E-state index in [2.05, 4.69) is 4.99 Å². The van der Waals surface area contributed by atoms with Gasteiger partial charge in [-0.3, -0.25) is 9.79 Å². The summed E-state index contributed by atoms with van der Waals surface area (Å²) < 4.78 is 5.38. The first kappa shape index (κ1) is 8.19. The Morgan fingerprint density at radius 3 is 3.31 bits per heavy atom. The van der Waals surface area contributed by atoms with Crippen LogP contribution in [0.15, 0.2) is 28.8 Å². The quantitative estimate of drug-likeness (QED) is 0.604. The molecule has 0 aromatic heterocycles. The number of hydrogen-bond donors (Lipinski definition) is 1. The van der Waals surface area contributed by atoms with Crippen molar-refractivity contribution in [1.82, 2.24) is 0 Å². The van der Waals surface area contributed by atoms with Gasteiger partial charge in [0, 0.05) is 11.8 Å². The largest absolute Gasteiger partial charge is 0.366 e. The molecular weight excluding hydrogens is 168 g/mol. The van der Waals surface area contributed by atoms with E-state index in [-0.39, 0.29) is 12.1 Å². The number of ether oxygens (including phenoxy) is 1. The molecule has 0 saturated carbocycles. The van der Waals surface area contributed by atoms with Crippen molar-refractivity contribution in [3.63, 3.8) is 0 Å². The minimum Gasteiger partial charge on any atom is -0.366 e. The monoisotopic (exact) mass is 178 g/mol. The number of primary amides is 1. The van der Waals surface area contributed by atoms with Crippen LogP contribution in [0.25, 0.3) is 0 Å². The van der Waals surface area contributed by atoms with Crippen LogP contribution in [0.2, 0.25) is 0 Å². The summed E-state index contributed by atoms with van der Waals surface area (Å²) in [7, 11) is 0. The molecule has 4 heteroatoms. The highest BCUT2D eigenvalue weighted by Crippen LogP contribution is 2.18. The highest BCUT2D eigenvalue weighted by atomic mass is 16.5. The maximum atomic E-state index is 10.8. The van der Waals surface area contributed by atoms with Gasteiger partial charge in [0.2, 0.25) is 5.91 Å². The first-order valence-corrected chi connectivity index (χ1v) is 4.10. The molecule has 1 aliphatic heterocycles. The molecule has 2 atom stereocenters. The molecule has 68 valence electrons. The second kappa shape index (κ2) is 3.14. The summed E-state index contributed by atoms with van der Waals surface area (Å²) in [5, 5.41) is 0. The lowest BCUT2D eigenvalue weighted by Crippen LogP contribution is -2.32. The number of hydrogen-bond acceptors (Lipinski definition) is 3. The smallest absolute Gasteiger partial charge is 0.248 e. The third-order valence-electron chi connectivity index (χ3n) is 2.08. The molecular formula is C9H10N2O2. The number of aliphatic imine (C=N–C) groups is 1. The lowest BCUT2D eigenvalue weighted by molar-refractivity contribution is -0.114. The van der Waals surface area contributed by atoms with E-state index in [9.17, 15) is 4.79 Å². The van der Waals surface area contributed by atoms with Crippen LogP contribution < -0.4 is 5.73 Å². The third-order valence-corrected chi connectivity index (χ3v) is 2.08. The summed E-state index contributed by atoms with van der Waals surface area (Å²) in [6.07, 6.45) is 6.85. The van der Waals surface area contributed by atoms with E-state index in [1.807, 2.05) is 6.08 Å². The van der Waals surface area contributed by atoms with Gasteiger partial charge in [-0.2, -0.15) is 0 Å². The molecule has 1 heterocycles. The maximum absolute atomic E-state index is 10.8. The van der Waals surface area contributed by atoms with Gasteiger partial charge >= 0.3 is 0 Å². The molecule has 0 fully saturated rings. The SMILES string of the molecule is NC(=O)C1=CC2OCC=NC2C=C1. The highest BCUT2D eigenvalue weighted by molar-refractivity contribution is 5.95. The molecule has 4 nitrogen and oxygen atoms in total. The number of rotatable bonds is 1. The van der Waals surface area contributed by atoms with Gasteiger partial charge in [-0.15, -0.1) is 0 Å². The topological polar surface area (TPSA) is 64.7 Å². The highest BCUT2D eigenvalue weighted by Gasteiger charge is 2.23. The molecule has 1 aliphatic carbocycles. The van der Waals surface area contributed by atoms with Gasteiger partial charge in [-0.1, -0.05) is 12.2 Å². The molecule has 0 saturated heterocycles. The number of nitrogens with two attached hydrogens (primary N) is 1. The number of fused-ring (bicyclic) bond motifs is 1. The standard InChI is InChI=1S/C9H10N2O2/c10-9(12)6-1-2-7-8(5-6)13-4-3-11-7/h1-3,5,7-8H,4H2,(H2,10,12). The average Bonchev–Trinajstić information content (AvgIpc) is 2.17. The van der Waals surface area contributed by atoms with E-state index in [0.717, 1.165) is 0 Å². The minimum atomic E-state index is -0.423. The molecule has 1 amide bonds. The second-order valence-electron chi connectivity index (χ2n) is 2.97. The van der Waals surface area contributed by atoms with Gasteiger partial charge in [-0.05, 0) is 6.08 Å². The van der Waals surface area contributed by atoms with Crippen molar-refractivity contribution in [2.45, 2.75) is 12.1 Å². The number of amides is 1. The molecule has 0 aromatic carbocycles. The van der Waals surface area contributed by atoms with Crippen LogP contribution in [0.5, 0.6) is 0 Å². The second-order valence-corrected chi connectivity index (χ2v) is 2.97. The number of nitrogens with zero attached hydrogens (tertiary/aromatic N) is 1. The van der Waals surface area contributed by atoms with Crippen LogP contribution >= 0.6 is 0 Å². The minimum absolute atomic E-state index is 0.0110. The maximum Gasteiger partial charge on any atom is 0.248 e. The van der Waals surface area contributed by atoms with Crippen LogP contribution in [0.4, 0.5) is 0 Å². The molecule has 2 N–H and O–H groups in total. The molecule has 2 rings (SSSR count). The molecule has 0 radical (unpaired) electrons. The Bertz CT molecular complexity index is 318. The average molecular weight is 178 g/mol. The van der Waals surface area contributed by atoms with Gasteiger partial charge in [0.05, 0.1) is 12.6 Å². The van der Waals surface area contributed by atoms with E-state index in [4.69, 9.17) is 10.5 Å². The van der Waals surface area contributed by atoms with E-state index in [1.165, 1.54) is 0 Å². The predicted octanol–water partition coefficient (Wildman–Crippen LogP) is -0.194. The Hall–Kier alpha value is -1.42. The summed E-state index contributed by atoms with van der Waals surface area (Å²) in [6.45, 7) is 0.498. The normalized spacial score (nSPS) is 30.9.